The molecule has 22 heavy (non-hydrogen) atoms. The third-order valence-electron chi connectivity index (χ3n) is 3.98. The molecule has 0 aliphatic carbocycles. The summed E-state index contributed by atoms with van der Waals surface area (Å²) in [6, 6.07) is 9.76. The number of likely N-dealkylation sites (tertiary alicyclic amines) is 1. The van der Waals surface area contributed by atoms with Crippen molar-refractivity contribution in [3.63, 3.8) is 0 Å². The number of hydrogen-bond acceptors (Lipinski definition) is 3. The highest BCUT2D eigenvalue weighted by molar-refractivity contribution is 5.77. The van der Waals surface area contributed by atoms with Crippen LogP contribution >= 0.6 is 0 Å². The van der Waals surface area contributed by atoms with Crippen molar-refractivity contribution in [1.29, 1.82) is 0 Å². The van der Waals surface area contributed by atoms with Crippen LogP contribution in [0.1, 0.15) is 31.2 Å². The number of carbonyl (C=O) groups excluding carboxylic acids is 1. The Bertz CT molecular complexity index is 489. The number of carboxylic acids is 1. The molecule has 1 aromatic rings. The van der Waals surface area contributed by atoms with Crippen molar-refractivity contribution >= 4 is 11.9 Å². The molecule has 1 amide bonds. The number of hydrogen-bond donors (Lipinski definition) is 1. The number of piperidine rings is 1. The molecular formula is C17H23NO4. The number of rotatable bonds is 7. The fourth-order valence-electron chi connectivity index (χ4n) is 2.78. The molecule has 1 atom stereocenters. The molecular weight excluding hydrogens is 282 g/mol. The molecule has 1 heterocycles. The third-order valence-corrected chi connectivity index (χ3v) is 3.98. The largest absolute Gasteiger partial charge is 0.481 e. The maximum atomic E-state index is 12.2. The van der Waals surface area contributed by atoms with Gasteiger partial charge in [-0.3, -0.25) is 9.59 Å². The van der Waals surface area contributed by atoms with Crippen LogP contribution in [0.5, 0.6) is 0 Å². The number of carbonyl (C=O) groups is 2. The van der Waals surface area contributed by atoms with E-state index in [1.807, 2.05) is 30.3 Å². The van der Waals surface area contributed by atoms with Crippen molar-refractivity contribution in [3.8, 4) is 0 Å². The summed E-state index contributed by atoms with van der Waals surface area (Å²) in [7, 11) is 0. The maximum absolute atomic E-state index is 12.2. The van der Waals surface area contributed by atoms with E-state index in [-0.39, 0.29) is 18.9 Å². The summed E-state index contributed by atoms with van der Waals surface area (Å²) < 4.78 is 5.48. The van der Waals surface area contributed by atoms with Crippen LogP contribution in [-0.4, -0.2) is 41.6 Å². The molecule has 1 N–H and O–H groups in total. The fraction of sp³-hybridized carbons (Fsp3) is 0.529. The van der Waals surface area contributed by atoms with E-state index in [0.717, 1.165) is 24.9 Å². The van der Waals surface area contributed by atoms with Gasteiger partial charge < -0.3 is 14.7 Å². The third kappa shape index (κ3) is 5.48. The average Bonchev–Trinajstić information content (AvgIpc) is 2.54. The second-order valence-corrected chi connectivity index (χ2v) is 5.76. The van der Waals surface area contributed by atoms with Gasteiger partial charge in [-0.2, -0.15) is 0 Å². The number of nitrogens with zero attached hydrogens (tertiary/aromatic N) is 1. The molecule has 0 saturated carbocycles. The Hall–Kier alpha value is -1.88. The number of amides is 1. The lowest BCUT2D eigenvalue weighted by atomic mass is 9.93. The number of ether oxygens (including phenoxy) is 1. The summed E-state index contributed by atoms with van der Waals surface area (Å²) in [4.78, 5) is 24.6. The summed E-state index contributed by atoms with van der Waals surface area (Å²) in [5.74, 6) is -0.478. The monoisotopic (exact) mass is 305 g/mol. The van der Waals surface area contributed by atoms with E-state index in [2.05, 4.69) is 0 Å². The predicted molar refractivity (Wildman–Crippen MR) is 82.3 cm³/mol. The number of aliphatic carboxylic acids is 1. The molecule has 0 radical (unpaired) electrons. The van der Waals surface area contributed by atoms with Gasteiger partial charge in [0.15, 0.2) is 0 Å². The molecule has 1 unspecified atom stereocenters. The Labute approximate surface area is 130 Å². The lowest BCUT2D eigenvalue weighted by Gasteiger charge is -2.32. The lowest BCUT2D eigenvalue weighted by molar-refractivity contribution is -0.138. The van der Waals surface area contributed by atoms with Gasteiger partial charge >= 0.3 is 5.97 Å². The van der Waals surface area contributed by atoms with E-state index in [1.165, 1.54) is 0 Å². The first-order valence-corrected chi connectivity index (χ1v) is 7.76. The van der Waals surface area contributed by atoms with Crippen LogP contribution in [0.4, 0.5) is 0 Å². The van der Waals surface area contributed by atoms with Crippen LogP contribution in [0.3, 0.4) is 0 Å². The highest BCUT2D eigenvalue weighted by Gasteiger charge is 2.23. The van der Waals surface area contributed by atoms with Crippen molar-refractivity contribution < 1.29 is 19.4 Å². The van der Waals surface area contributed by atoms with Crippen LogP contribution in [0, 0.1) is 5.92 Å². The van der Waals surface area contributed by atoms with Crippen LogP contribution in [0.15, 0.2) is 30.3 Å². The number of carboxylic acid groups (broad SMARTS) is 1. The molecule has 0 spiro atoms. The Morgan fingerprint density at radius 1 is 1.27 bits per heavy atom. The predicted octanol–water partition coefficient (Wildman–Crippen LogP) is 2.31. The molecule has 1 aromatic carbocycles. The highest BCUT2D eigenvalue weighted by atomic mass is 16.5. The van der Waals surface area contributed by atoms with Crippen LogP contribution in [0.25, 0.3) is 0 Å². The SMILES string of the molecule is O=C(O)CCC1CCCN(C(=O)COCc2ccccc2)C1. The van der Waals surface area contributed by atoms with Gasteiger partial charge in [0.1, 0.15) is 6.61 Å². The van der Waals surface area contributed by atoms with Gasteiger partial charge in [-0.1, -0.05) is 30.3 Å². The van der Waals surface area contributed by atoms with Crippen molar-refractivity contribution in [3.05, 3.63) is 35.9 Å². The summed E-state index contributed by atoms with van der Waals surface area (Å²) in [5, 5.41) is 8.74. The zero-order valence-electron chi connectivity index (χ0n) is 12.7. The molecule has 0 bridgehead atoms. The maximum Gasteiger partial charge on any atom is 0.303 e. The molecule has 5 nitrogen and oxygen atoms in total. The Kier molecular flexibility index (Phi) is 6.40. The van der Waals surface area contributed by atoms with E-state index in [0.29, 0.717) is 25.5 Å². The zero-order chi connectivity index (χ0) is 15.8. The first-order valence-electron chi connectivity index (χ1n) is 7.76. The van der Waals surface area contributed by atoms with Gasteiger partial charge in [-0.05, 0) is 30.7 Å². The standard InChI is InChI=1S/C17H23NO4/c19-16(13-22-12-15-5-2-1-3-6-15)18-10-4-7-14(11-18)8-9-17(20)21/h1-3,5-6,14H,4,7-13H2,(H,20,21). The Morgan fingerprint density at radius 3 is 2.77 bits per heavy atom. The quantitative estimate of drug-likeness (QED) is 0.839. The van der Waals surface area contributed by atoms with Gasteiger partial charge in [-0.15, -0.1) is 0 Å². The molecule has 2 rings (SSSR count). The Balaban J connectivity index is 1.71. The van der Waals surface area contributed by atoms with Crippen molar-refractivity contribution in [2.45, 2.75) is 32.3 Å². The van der Waals surface area contributed by atoms with Crippen LogP contribution < -0.4 is 0 Å². The van der Waals surface area contributed by atoms with Gasteiger partial charge in [0, 0.05) is 19.5 Å². The molecule has 0 aromatic heterocycles. The van der Waals surface area contributed by atoms with E-state index in [9.17, 15) is 9.59 Å². The molecule has 120 valence electrons. The van der Waals surface area contributed by atoms with Crippen molar-refractivity contribution in [2.75, 3.05) is 19.7 Å². The molecule has 1 aliphatic heterocycles. The summed E-state index contributed by atoms with van der Waals surface area (Å²) in [6.45, 7) is 1.92. The minimum atomic E-state index is -0.769. The Morgan fingerprint density at radius 2 is 2.05 bits per heavy atom. The summed E-state index contributed by atoms with van der Waals surface area (Å²) in [6.07, 6.45) is 2.76. The first kappa shape index (κ1) is 16.5. The second-order valence-electron chi connectivity index (χ2n) is 5.76. The van der Waals surface area contributed by atoms with E-state index >= 15 is 0 Å². The van der Waals surface area contributed by atoms with E-state index in [1.54, 1.807) is 4.90 Å². The van der Waals surface area contributed by atoms with Crippen molar-refractivity contribution in [2.24, 2.45) is 5.92 Å². The van der Waals surface area contributed by atoms with Crippen molar-refractivity contribution in [1.82, 2.24) is 4.90 Å². The van der Waals surface area contributed by atoms with E-state index in [4.69, 9.17) is 9.84 Å². The van der Waals surface area contributed by atoms with Crippen LogP contribution in [0.2, 0.25) is 0 Å². The smallest absolute Gasteiger partial charge is 0.303 e. The molecule has 5 heteroatoms. The highest BCUT2D eigenvalue weighted by Crippen LogP contribution is 2.21. The molecule has 1 aliphatic rings. The van der Waals surface area contributed by atoms with Gasteiger partial charge in [0.25, 0.3) is 0 Å². The summed E-state index contributed by atoms with van der Waals surface area (Å²) in [5.41, 5.74) is 1.05. The number of benzene rings is 1. The van der Waals surface area contributed by atoms with E-state index < -0.39 is 5.97 Å². The minimum absolute atomic E-state index is 0.00374. The minimum Gasteiger partial charge on any atom is -0.481 e. The summed E-state index contributed by atoms with van der Waals surface area (Å²) >= 11 is 0. The normalized spacial score (nSPS) is 18.2. The lowest BCUT2D eigenvalue weighted by Crippen LogP contribution is -2.41. The molecule has 1 saturated heterocycles. The average molecular weight is 305 g/mol. The van der Waals surface area contributed by atoms with Gasteiger partial charge in [-0.25, -0.2) is 0 Å². The second kappa shape index (κ2) is 8.54. The fourth-order valence-corrected chi connectivity index (χ4v) is 2.78. The van der Waals surface area contributed by atoms with Crippen LogP contribution in [-0.2, 0) is 20.9 Å². The first-order chi connectivity index (χ1) is 10.6. The zero-order valence-corrected chi connectivity index (χ0v) is 12.7. The van der Waals surface area contributed by atoms with Gasteiger partial charge in [0.2, 0.25) is 5.91 Å². The topological polar surface area (TPSA) is 66.8 Å². The molecule has 1 fully saturated rings. The van der Waals surface area contributed by atoms with Gasteiger partial charge in [0.05, 0.1) is 6.61 Å².